The molecule has 5 aliphatic carbocycles. The number of benzene rings is 2. The van der Waals surface area contributed by atoms with Crippen LogP contribution in [0.25, 0.3) is 0 Å². The molecular weight excluding hydrogens is 652 g/mol. The van der Waals surface area contributed by atoms with Crippen molar-refractivity contribution in [3.8, 4) is 0 Å². The number of likely N-dealkylation sites (tertiary alicyclic amines) is 1. The van der Waals surface area contributed by atoms with Gasteiger partial charge in [0.05, 0.1) is 24.9 Å². The molecule has 7 fully saturated rings. The molecule has 2 aromatic rings. The molecule has 2 saturated heterocycles. The number of aliphatic hydroxyl groups excluding tert-OH is 1. The summed E-state index contributed by atoms with van der Waals surface area (Å²) in [5, 5.41) is 19.6. The molecule has 282 valence electrons. The summed E-state index contributed by atoms with van der Waals surface area (Å²) < 4.78 is 13.6. The molecule has 0 unspecified atom stereocenters. The highest BCUT2D eigenvalue weighted by molar-refractivity contribution is 5.90. The Morgan fingerprint density at radius 2 is 1.58 bits per heavy atom. The summed E-state index contributed by atoms with van der Waals surface area (Å²) >= 11 is 0. The molecule has 5 saturated carbocycles. The van der Waals surface area contributed by atoms with Crippen molar-refractivity contribution in [2.24, 2.45) is 23.7 Å². The third-order valence-corrected chi connectivity index (χ3v) is 13.2. The van der Waals surface area contributed by atoms with E-state index in [1.807, 2.05) is 48.5 Å². The highest BCUT2D eigenvalue weighted by atomic mass is 16.7. The Labute approximate surface area is 310 Å². The number of rotatable bonds is 8. The predicted molar refractivity (Wildman–Crippen MR) is 201 cm³/mol. The second kappa shape index (κ2) is 14.7. The molecule has 52 heavy (non-hydrogen) atoms. The molecule has 4 N–H and O–H groups in total. The topological polar surface area (TPSA) is 112 Å². The lowest BCUT2D eigenvalue weighted by Gasteiger charge is -2.56. The Morgan fingerprint density at radius 3 is 2.27 bits per heavy atom. The Balaban J connectivity index is 1.02. The van der Waals surface area contributed by atoms with Crippen LogP contribution in [-0.2, 0) is 20.9 Å². The first kappa shape index (κ1) is 36.0. The monoisotopic (exact) mass is 712 g/mol. The van der Waals surface area contributed by atoms with E-state index >= 15 is 0 Å². The third-order valence-electron chi connectivity index (χ3n) is 13.2. The van der Waals surface area contributed by atoms with Crippen LogP contribution in [0.4, 0.5) is 10.5 Å². The van der Waals surface area contributed by atoms with Gasteiger partial charge in [-0.05, 0) is 132 Å². The second-order valence-corrected chi connectivity index (χ2v) is 18.4. The van der Waals surface area contributed by atoms with Crippen molar-refractivity contribution in [2.45, 2.75) is 153 Å². The van der Waals surface area contributed by atoms with Gasteiger partial charge in [0.2, 0.25) is 5.91 Å². The molecule has 3 amide bonds. The molecule has 9 nitrogen and oxygen atoms in total. The van der Waals surface area contributed by atoms with E-state index in [-0.39, 0.29) is 47.9 Å². The summed E-state index contributed by atoms with van der Waals surface area (Å²) in [6.07, 6.45) is 13.7. The molecule has 9 rings (SSSR count). The van der Waals surface area contributed by atoms with Gasteiger partial charge in [-0.15, -0.1) is 0 Å². The minimum Gasteiger partial charge on any atom is -0.392 e. The van der Waals surface area contributed by atoms with Crippen molar-refractivity contribution < 1.29 is 24.2 Å². The number of carbonyl (C=O) groups is 2. The number of nitrogens with one attached hydrogen (secondary N) is 3. The van der Waals surface area contributed by atoms with Crippen molar-refractivity contribution in [2.75, 3.05) is 11.9 Å². The van der Waals surface area contributed by atoms with E-state index in [1.54, 1.807) is 0 Å². The molecule has 9 heteroatoms. The maximum Gasteiger partial charge on any atom is 0.319 e. The standard InChI is InChI=1S/C43H60N4O5/c1-42(2,3)45-39(49)37-16-15-31-7-4-5-10-36(31)47(37)25-35-21-38(32-13-11-27(26-48)12-14-32)52-40(51-35)33-8-6-9-34(20-33)44-41(50)46-43-22-28-17-29(23-43)19-30(18-28)24-43/h6,8-9,11-14,20,28-31,35-38,40,48H,4-5,7,10,15-19,21-26H2,1-3H3,(H,45,49)(H2,44,46,50)/t28?,29?,30?,31-,35+,36-,37-,38-,40-,43?/m1/s1. The molecule has 4 bridgehead atoms. The van der Waals surface area contributed by atoms with Gasteiger partial charge in [0.25, 0.3) is 0 Å². The number of anilines is 1. The summed E-state index contributed by atoms with van der Waals surface area (Å²) in [5.74, 6) is 2.99. The number of hydrogen-bond acceptors (Lipinski definition) is 6. The van der Waals surface area contributed by atoms with Crippen LogP contribution in [0, 0.1) is 23.7 Å². The highest BCUT2D eigenvalue weighted by Gasteiger charge is 2.51. The van der Waals surface area contributed by atoms with E-state index in [1.165, 1.54) is 38.5 Å². The first-order valence-corrected chi connectivity index (χ1v) is 20.3. The smallest absolute Gasteiger partial charge is 0.319 e. The highest BCUT2D eigenvalue weighted by Crippen LogP contribution is 2.55. The molecular formula is C43H60N4O5. The first-order chi connectivity index (χ1) is 25.0. The van der Waals surface area contributed by atoms with Crippen molar-refractivity contribution in [3.05, 3.63) is 65.2 Å². The zero-order chi connectivity index (χ0) is 36.0. The molecule has 2 aliphatic heterocycles. The number of aliphatic hydroxyl groups is 1. The van der Waals surface area contributed by atoms with E-state index in [0.29, 0.717) is 24.9 Å². The Bertz CT molecular complexity index is 1550. The van der Waals surface area contributed by atoms with Crippen LogP contribution in [0.5, 0.6) is 0 Å². The normalized spacial score (nSPS) is 35.8. The minimum absolute atomic E-state index is 0.00800. The van der Waals surface area contributed by atoms with Crippen LogP contribution in [0.2, 0.25) is 0 Å². The first-order valence-electron chi connectivity index (χ1n) is 20.3. The fraction of sp³-hybridized carbons (Fsp3) is 0.674. The van der Waals surface area contributed by atoms with Gasteiger partial charge in [0.15, 0.2) is 6.29 Å². The lowest BCUT2D eigenvalue weighted by atomic mass is 9.53. The molecule has 7 aliphatic rings. The van der Waals surface area contributed by atoms with Crippen LogP contribution in [0.1, 0.15) is 133 Å². The van der Waals surface area contributed by atoms with Gasteiger partial charge >= 0.3 is 6.03 Å². The molecule has 0 aromatic heterocycles. The van der Waals surface area contributed by atoms with E-state index in [2.05, 4.69) is 41.6 Å². The summed E-state index contributed by atoms with van der Waals surface area (Å²) in [7, 11) is 0. The fourth-order valence-corrected chi connectivity index (χ4v) is 11.4. The average Bonchev–Trinajstić information content (AvgIpc) is 3.10. The largest absolute Gasteiger partial charge is 0.392 e. The quantitative estimate of drug-likeness (QED) is 0.223. The predicted octanol–water partition coefficient (Wildman–Crippen LogP) is 7.75. The van der Waals surface area contributed by atoms with Crippen molar-refractivity contribution in [1.29, 1.82) is 0 Å². The van der Waals surface area contributed by atoms with Crippen molar-refractivity contribution >= 4 is 17.6 Å². The van der Waals surface area contributed by atoms with E-state index < -0.39 is 6.29 Å². The van der Waals surface area contributed by atoms with E-state index in [0.717, 1.165) is 78.7 Å². The van der Waals surface area contributed by atoms with Gasteiger partial charge in [-0.25, -0.2) is 4.79 Å². The van der Waals surface area contributed by atoms with Gasteiger partial charge in [0, 0.05) is 41.3 Å². The molecule has 2 heterocycles. The number of urea groups is 1. The van der Waals surface area contributed by atoms with Gasteiger partial charge in [-0.1, -0.05) is 49.2 Å². The third kappa shape index (κ3) is 7.94. The fourth-order valence-electron chi connectivity index (χ4n) is 11.4. The molecule has 0 spiro atoms. The number of piperidine rings is 1. The number of fused-ring (bicyclic) bond motifs is 1. The van der Waals surface area contributed by atoms with Crippen LogP contribution in [-0.4, -0.2) is 57.8 Å². The Hall–Kier alpha value is -2.98. The van der Waals surface area contributed by atoms with Gasteiger partial charge < -0.3 is 30.5 Å². The van der Waals surface area contributed by atoms with Gasteiger partial charge in [0.1, 0.15) is 0 Å². The SMILES string of the molecule is CC(C)(C)NC(=O)[C@H]1CC[C@H]2CCCC[C@H]2N1C[C@@H]1C[C@H](c2ccc(CO)cc2)O[C@H](c2cccc(NC(=O)NC34CC5CC(CC(C5)C3)C4)c2)O1. The van der Waals surface area contributed by atoms with Crippen LogP contribution < -0.4 is 16.0 Å². The van der Waals surface area contributed by atoms with Crippen LogP contribution >= 0.6 is 0 Å². The summed E-state index contributed by atoms with van der Waals surface area (Å²) in [5.41, 5.74) is 3.10. The zero-order valence-corrected chi connectivity index (χ0v) is 31.4. The summed E-state index contributed by atoms with van der Waals surface area (Å²) in [6, 6.07) is 15.9. The van der Waals surface area contributed by atoms with E-state index in [4.69, 9.17) is 9.47 Å². The second-order valence-electron chi connectivity index (χ2n) is 18.4. The van der Waals surface area contributed by atoms with Crippen LogP contribution in [0.3, 0.4) is 0 Å². The molecule has 6 atom stereocenters. The Kier molecular flexibility index (Phi) is 10.2. The average molecular weight is 713 g/mol. The number of nitrogens with zero attached hydrogens (tertiary/aromatic N) is 1. The minimum atomic E-state index is -0.650. The Morgan fingerprint density at radius 1 is 0.865 bits per heavy atom. The molecule has 0 radical (unpaired) electrons. The maximum atomic E-state index is 13.8. The number of amides is 3. The van der Waals surface area contributed by atoms with Crippen molar-refractivity contribution in [1.82, 2.24) is 15.5 Å². The zero-order valence-electron chi connectivity index (χ0n) is 31.4. The van der Waals surface area contributed by atoms with Crippen molar-refractivity contribution in [3.63, 3.8) is 0 Å². The van der Waals surface area contributed by atoms with Gasteiger partial charge in [-0.3, -0.25) is 9.69 Å². The molecule has 2 aromatic carbocycles. The summed E-state index contributed by atoms with van der Waals surface area (Å²) in [4.78, 5) is 29.8. The van der Waals surface area contributed by atoms with Crippen LogP contribution in [0.15, 0.2) is 48.5 Å². The van der Waals surface area contributed by atoms with E-state index in [9.17, 15) is 14.7 Å². The number of carbonyl (C=O) groups excluding carboxylic acids is 2. The summed E-state index contributed by atoms with van der Waals surface area (Å²) in [6.45, 7) is 6.80. The number of hydrogen-bond donors (Lipinski definition) is 4. The number of ether oxygens (including phenoxy) is 2. The lowest BCUT2D eigenvalue weighted by Crippen LogP contribution is -2.61. The van der Waals surface area contributed by atoms with Gasteiger partial charge in [-0.2, -0.15) is 0 Å². The maximum absolute atomic E-state index is 13.8. The lowest BCUT2D eigenvalue weighted by molar-refractivity contribution is -0.255.